The lowest BCUT2D eigenvalue weighted by molar-refractivity contribution is 0.0804. The molecule has 1 aromatic rings. The van der Waals surface area contributed by atoms with Crippen LogP contribution in [0.4, 0.5) is 0 Å². The number of hydrogen-bond donors (Lipinski definition) is 1. The second kappa shape index (κ2) is 5.69. The highest BCUT2D eigenvalue weighted by Gasteiger charge is 2.34. The first-order chi connectivity index (χ1) is 10.4. The topological polar surface area (TPSA) is 56.1 Å². The average molecular weight is 305 g/mol. The summed E-state index contributed by atoms with van der Waals surface area (Å²) >= 11 is 0. The first-order valence-corrected chi connectivity index (χ1v) is 8.43. The Kier molecular flexibility index (Phi) is 4.02. The summed E-state index contributed by atoms with van der Waals surface area (Å²) in [6, 6.07) is 2.09. The molecule has 0 bridgehead atoms. The third-order valence-electron chi connectivity index (χ3n) is 4.53. The minimum absolute atomic E-state index is 0.0705. The number of nitrogens with zero attached hydrogens (tertiary/aromatic N) is 2. The summed E-state index contributed by atoms with van der Waals surface area (Å²) in [5.41, 5.74) is 1.64. The molecule has 1 aliphatic heterocycles. The molecule has 5 heteroatoms. The highest BCUT2D eigenvalue weighted by molar-refractivity contribution is 5.92. The van der Waals surface area contributed by atoms with Crippen LogP contribution in [-0.2, 0) is 10.3 Å². The van der Waals surface area contributed by atoms with Crippen molar-refractivity contribution in [3.8, 4) is 0 Å². The van der Waals surface area contributed by atoms with Gasteiger partial charge in [-0.1, -0.05) is 6.92 Å². The van der Waals surface area contributed by atoms with E-state index in [1.165, 1.54) is 18.5 Å². The van der Waals surface area contributed by atoms with Crippen molar-refractivity contribution in [3.63, 3.8) is 0 Å². The Balaban J connectivity index is 1.78. The van der Waals surface area contributed by atoms with E-state index >= 15 is 0 Å². The van der Waals surface area contributed by atoms with E-state index in [2.05, 4.69) is 38.1 Å². The maximum absolute atomic E-state index is 12.6. The van der Waals surface area contributed by atoms with Gasteiger partial charge >= 0.3 is 0 Å². The van der Waals surface area contributed by atoms with Crippen LogP contribution in [0.3, 0.4) is 0 Å². The van der Waals surface area contributed by atoms with E-state index in [-0.39, 0.29) is 23.6 Å². The summed E-state index contributed by atoms with van der Waals surface area (Å²) in [5, 5.41) is 7.71. The van der Waals surface area contributed by atoms with E-state index < -0.39 is 0 Å². The number of hydrogen-bond acceptors (Lipinski definition) is 3. The van der Waals surface area contributed by atoms with Crippen LogP contribution in [0.1, 0.15) is 75.5 Å². The zero-order valence-corrected chi connectivity index (χ0v) is 14.1. The number of ether oxygens (including phenoxy) is 1. The second-order valence-corrected chi connectivity index (χ2v) is 7.50. The molecule has 1 saturated carbocycles. The molecule has 1 aliphatic carbocycles. The van der Waals surface area contributed by atoms with E-state index in [9.17, 15) is 4.79 Å². The summed E-state index contributed by atoms with van der Waals surface area (Å²) < 4.78 is 7.67. The Morgan fingerprint density at radius 1 is 1.41 bits per heavy atom. The van der Waals surface area contributed by atoms with Gasteiger partial charge < -0.3 is 10.1 Å². The molecule has 1 aromatic heterocycles. The van der Waals surface area contributed by atoms with E-state index in [4.69, 9.17) is 4.74 Å². The molecule has 2 atom stereocenters. The lowest BCUT2D eigenvalue weighted by Crippen LogP contribution is -2.40. The van der Waals surface area contributed by atoms with Gasteiger partial charge in [0.15, 0.2) is 0 Å². The molecule has 1 N–H and O–H groups in total. The van der Waals surface area contributed by atoms with Crippen LogP contribution in [0.5, 0.6) is 0 Å². The van der Waals surface area contributed by atoms with Crippen LogP contribution >= 0.6 is 0 Å². The summed E-state index contributed by atoms with van der Waals surface area (Å²) in [6.45, 7) is 9.21. The molecule has 2 heterocycles. The number of nitrogens with one attached hydrogen (secondary N) is 1. The molecular formula is C17H27N3O2. The van der Waals surface area contributed by atoms with Gasteiger partial charge in [-0.05, 0) is 52.5 Å². The van der Waals surface area contributed by atoms with Crippen LogP contribution < -0.4 is 5.32 Å². The van der Waals surface area contributed by atoms with Gasteiger partial charge in [0.1, 0.15) is 5.69 Å². The molecule has 3 rings (SSSR count). The molecule has 0 aromatic carbocycles. The van der Waals surface area contributed by atoms with Gasteiger partial charge in [-0.2, -0.15) is 5.10 Å². The zero-order chi connectivity index (χ0) is 15.9. The molecule has 0 radical (unpaired) electrons. The van der Waals surface area contributed by atoms with Crippen LogP contribution in [-0.4, -0.2) is 34.4 Å². The molecule has 2 aliphatic rings. The van der Waals surface area contributed by atoms with E-state index in [0.29, 0.717) is 11.6 Å². The van der Waals surface area contributed by atoms with E-state index in [0.717, 1.165) is 19.4 Å². The Labute approximate surface area is 132 Å². The smallest absolute Gasteiger partial charge is 0.272 e. The van der Waals surface area contributed by atoms with E-state index in [1.807, 2.05) is 10.7 Å². The molecule has 1 amide bonds. The first-order valence-electron chi connectivity index (χ1n) is 8.43. The van der Waals surface area contributed by atoms with Gasteiger partial charge in [0.2, 0.25) is 0 Å². The lowest BCUT2D eigenvalue weighted by atomic mass is 10.1. The predicted molar refractivity (Wildman–Crippen MR) is 85.1 cm³/mol. The SMILES string of the molecule is CC[C@@H]1OCC[C@H]1NC(=O)c1cc(C2CC2)n(C(C)(C)C)n1. The van der Waals surface area contributed by atoms with Crippen molar-refractivity contribution in [2.45, 2.75) is 77.0 Å². The minimum Gasteiger partial charge on any atom is -0.376 e. The van der Waals surface area contributed by atoms with Gasteiger partial charge in [0, 0.05) is 18.2 Å². The van der Waals surface area contributed by atoms with E-state index in [1.54, 1.807) is 0 Å². The van der Waals surface area contributed by atoms with Crippen molar-refractivity contribution in [2.75, 3.05) is 6.61 Å². The normalized spacial score (nSPS) is 25.5. The molecule has 1 saturated heterocycles. The zero-order valence-electron chi connectivity index (χ0n) is 14.1. The van der Waals surface area contributed by atoms with Crippen molar-refractivity contribution in [3.05, 3.63) is 17.5 Å². The molecule has 22 heavy (non-hydrogen) atoms. The first kappa shape index (κ1) is 15.5. The predicted octanol–water partition coefficient (Wildman–Crippen LogP) is 2.81. The summed E-state index contributed by atoms with van der Waals surface area (Å²) in [6.07, 6.45) is 4.36. The van der Waals surface area contributed by atoms with Crippen molar-refractivity contribution in [1.82, 2.24) is 15.1 Å². The van der Waals surface area contributed by atoms with Gasteiger partial charge in [0.05, 0.1) is 17.7 Å². The van der Waals surface area contributed by atoms with Crippen molar-refractivity contribution in [1.29, 1.82) is 0 Å². The van der Waals surface area contributed by atoms with Crippen molar-refractivity contribution >= 4 is 5.91 Å². The number of aromatic nitrogens is 2. The highest BCUT2D eigenvalue weighted by Crippen LogP contribution is 2.41. The fraction of sp³-hybridized carbons (Fsp3) is 0.765. The minimum atomic E-state index is -0.0983. The van der Waals surface area contributed by atoms with Crippen LogP contribution in [0.2, 0.25) is 0 Å². The lowest BCUT2D eigenvalue weighted by Gasteiger charge is -2.22. The summed E-state index contributed by atoms with van der Waals surface area (Å²) in [5.74, 6) is 0.505. The molecule has 122 valence electrons. The van der Waals surface area contributed by atoms with Gasteiger partial charge in [-0.15, -0.1) is 0 Å². The van der Waals surface area contributed by atoms with Crippen LogP contribution in [0.15, 0.2) is 6.07 Å². The fourth-order valence-electron chi connectivity index (χ4n) is 3.17. The summed E-state index contributed by atoms with van der Waals surface area (Å²) in [4.78, 5) is 12.6. The summed E-state index contributed by atoms with van der Waals surface area (Å²) in [7, 11) is 0. The highest BCUT2D eigenvalue weighted by atomic mass is 16.5. The number of rotatable bonds is 4. The number of carbonyl (C=O) groups is 1. The molecule has 2 fully saturated rings. The standard InChI is InChI=1S/C17H27N3O2/c1-5-15-12(8-9-22-15)18-16(21)13-10-14(11-6-7-11)20(19-13)17(2,3)4/h10-12,15H,5-9H2,1-4H3,(H,18,21)/t12-,15+/m1/s1. The maximum Gasteiger partial charge on any atom is 0.272 e. The van der Waals surface area contributed by atoms with Crippen LogP contribution in [0, 0.1) is 0 Å². The molecule has 0 unspecified atom stereocenters. The second-order valence-electron chi connectivity index (χ2n) is 7.50. The maximum atomic E-state index is 12.6. The number of carbonyl (C=O) groups excluding carboxylic acids is 1. The van der Waals surface area contributed by atoms with Crippen LogP contribution in [0.25, 0.3) is 0 Å². The van der Waals surface area contributed by atoms with Gasteiger partial charge in [-0.3, -0.25) is 9.48 Å². The Morgan fingerprint density at radius 2 is 2.14 bits per heavy atom. The molecular weight excluding hydrogens is 278 g/mol. The fourth-order valence-corrected chi connectivity index (χ4v) is 3.17. The Morgan fingerprint density at radius 3 is 2.73 bits per heavy atom. The molecule has 5 nitrogen and oxygen atoms in total. The third kappa shape index (κ3) is 3.05. The Hall–Kier alpha value is -1.36. The third-order valence-corrected chi connectivity index (χ3v) is 4.53. The quantitative estimate of drug-likeness (QED) is 0.930. The number of amides is 1. The van der Waals surface area contributed by atoms with Gasteiger partial charge in [0.25, 0.3) is 5.91 Å². The monoisotopic (exact) mass is 305 g/mol. The van der Waals surface area contributed by atoms with Gasteiger partial charge in [-0.25, -0.2) is 0 Å². The average Bonchev–Trinajstić information content (AvgIpc) is 3.02. The largest absolute Gasteiger partial charge is 0.376 e. The van der Waals surface area contributed by atoms with Crippen molar-refractivity contribution in [2.24, 2.45) is 0 Å². The molecule has 0 spiro atoms. The van der Waals surface area contributed by atoms with Crippen molar-refractivity contribution < 1.29 is 9.53 Å². The Bertz CT molecular complexity index is 555.